The van der Waals surface area contributed by atoms with Crippen molar-refractivity contribution in [2.45, 2.75) is 126 Å². The van der Waals surface area contributed by atoms with Crippen molar-refractivity contribution in [1.29, 1.82) is 0 Å². The van der Waals surface area contributed by atoms with E-state index in [4.69, 9.17) is 0 Å². The summed E-state index contributed by atoms with van der Waals surface area (Å²) in [5, 5.41) is 17.3. The lowest BCUT2D eigenvalue weighted by Crippen LogP contribution is -2.57. The van der Waals surface area contributed by atoms with Crippen LogP contribution < -0.4 is 10.6 Å². The van der Waals surface area contributed by atoms with Gasteiger partial charge in [-0.15, -0.1) is 0 Å². The van der Waals surface area contributed by atoms with Crippen molar-refractivity contribution in [2.75, 3.05) is 20.1 Å². The van der Waals surface area contributed by atoms with Gasteiger partial charge in [0.2, 0.25) is 17.7 Å². The normalized spacial score (nSPS) is 38.7. The van der Waals surface area contributed by atoms with Gasteiger partial charge in [0.15, 0.2) is 0 Å². The van der Waals surface area contributed by atoms with Crippen LogP contribution in [0.15, 0.2) is 11.8 Å². The molecule has 2 heterocycles. The van der Waals surface area contributed by atoms with Crippen molar-refractivity contribution in [3.63, 3.8) is 0 Å². The van der Waals surface area contributed by atoms with Crippen molar-refractivity contribution in [3.05, 3.63) is 11.8 Å². The summed E-state index contributed by atoms with van der Waals surface area (Å²) in [5.41, 5.74) is 1.52. The molecule has 0 aromatic rings. The molecule has 5 saturated carbocycles. The van der Waals surface area contributed by atoms with Crippen LogP contribution in [0.25, 0.3) is 0 Å². The molecule has 0 aromatic carbocycles. The molecule has 6 fully saturated rings. The second kappa shape index (κ2) is 12.6. The quantitative estimate of drug-likeness (QED) is 0.336. The molecule has 5 aliphatic carbocycles. The van der Waals surface area contributed by atoms with Crippen LogP contribution in [0.1, 0.15) is 97.3 Å². The second-order valence-electron chi connectivity index (χ2n) is 15.4. The first-order chi connectivity index (χ1) is 20.5. The number of amides is 3. The fourth-order valence-electron chi connectivity index (χ4n) is 9.53. The number of rotatable bonds is 8. The standard InChI is InChI=1S/C34H53BrN4O4/c1-34(2)23-12-21(13-24(34)15-23)32(42)39-19-25(40)16-30(39)31(41)37-29(14-22-17-36-28-11-7-5-9-26(22)28)33(43)38(3)18-20-8-4-6-10-27(20)35/h17,20-21,23-30,36,40H,4-16,18-19H2,1-3H3,(H,37,41)/t20?,21?,23?,24?,25-,26?,27?,28?,29?,30?/m1/s1. The molecule has 2 bridgehead atoms. The van der Waals surface area contributed by atoms with Crippen molar-refractivity contribution >= 4 is 33.7 Å². The summed E-state index contributed by atoms with van der Waals surface area (Å²) >= 11 is 3.85. The molecule has 2 aliphatic heterocycles. The fraction of sp³-hybridized carbons (Fsp3) is 0.853. The number of nitrogens with one attached hydrogen (secondary N) is 2. The summed E-state index contributed by atoms with van der Waals surface area (Å²) in [7, 11) is 1.87. The van der Waals surface area contributed by atoms with Crippen molar-refractivity contribution < 1.29 is 19.5 Å². The molecule has 3 N–H and O–H groups in total. The summed E-state index contributed by atoms with van der Waals surface area (Å²) in [4.78, 5) is 45.7. The summed E-state index contributed by atoms with van der Waals surface area (Å²) in [5.74, 6) is 1.48. The molecule has 9 atom stereocenters. The van der Waals surface area contributed by atoms with E-state index in [-0.39, 0.29) is 36.6 Å². The molecule has 0 radical (unpaired) electrons. The maximum atomic E-state index is 14.1. The van der Waals surface area contributed by atoms with E-state index in [2.05, 4.69) is 46.6 Å². The molecule has 8 unspecified atom stereocenters. The zero-order chi connectivity index (χ0) is 30.5. The Kier molecular flexibility index (Phi) is 9.23. The Labute approximate surface area is 266 Å². The first-order valence-corrected chi connectivity index (χ1v) is 18.1. The maximum Gasteiger partial charge on any atom is 0.245 e. The number of hydrogen-bond acceptors (Lipinski definition) is 5. The van der Waals surface area contributed by atoms with E-state index in [1.165, 1.54) is 37.7 Å². The maximum absolute atomic E-state index is 14.1. The van der Waals surface area contributed by atoms with Gasteiger partial charge in [-0.25, -0.2) is 0 Å². The third-order valence-corrected chi connectivity index (χ3v) is 13.7. The minimum atomic E-state index is -0.738. The van der Waals surface area contributed by atoms with Gasteiger partial charge in [-0.1, -0.05) is 55.5 Å². The van der Waals surface area contributed by atoms with E-state index in [9.17, 15) is 19.5 Å². The van der Waals surface area contributed by atoms with Crippen LogP contribution in [0.4, 0.5) is 0 Å². The van der Waals surface area contributed by atoms with Gasteiger partial charge >= 0.3 is 0 Å². The van der Waals surface area contributed by atoms with Gasteiger partial charge in [0, 0.05) is 49.3 Å². The lowest BCUT2D eigenvalue weighted by Gasteiger charge is -2.58. The number of halogens is 1. The van der Waals surface area contributed by atoms with Crippen LogP contribution in [0, 0.1) is 35.0 Å². The number of aliphatic hydroxyl groups is 1. The van der Waals surface area contributed by atoms with Gasteiger partial charge in [-0.05, 0) is 86.3 Å². The number of nitrogens with zero attached hydrogens (tertiary/aromatic N) is 2. The molecule has 240 valence electrons. The molecule has 0 aromatic heterocycles. The number of carbonyl (C=O) groups excluding carboxylic acids is 3. The van der Waals surface area contributed by atoms with Gasteiger partial charge in [0.1, 0.15) is 12.1 Å². The molecular formula is C34H53BrN4O4. The summed E-state index contributed by atoms with van der Waals surface area (Å²) in [6, 6.07) is -1.01. The van der Waals surface area contributed by atoms with E-state index in [1.807, 2.05) is 11.9 Å². The number of hydrogen-bond donors (Lipinski definition) is 3. The van der Waals surface area contributed by atoms with Crippen LogP contribution in [0.3, 0.4) is 0 Å². The van der Waals surface area contributed by atoms with E-state index < -0.39 is 18.2 Å². The second-order valence-corrected chi connectivity index (χ2v) is 16.6. The zero-order valence-corrected chi connectivity index (χ0v) is 28.0. The molecule has 3 amide bonds. The Morgan fingerprint density at radius 3 is 2.49 bits per heavy atom. The number of alkyl halides is 1. The molecular weight excluding hydrogens is 608 g/mol. The lowest BCUT2D eigenvalue weighted by atomic mass is 9.46. The lowest BCUT2D eigenvalue weighted by molar-refractivity contribution is -0.153. The minimum Gasteiger partial charge on any atom is -0.391 e. The zero-order valence-electron chi connectivity index (χ0n) is 26.4. The molecule has 7 aliphatic rings. The number of β-amino-alcohol motifs (C(OH)–C–C–N with tert-alkyl or cyclic N) is 1. The van der Waals surface area contributed by atoms with E-state index in [1.54, 1.807) is 4.90 Å². The molecule has 9 heteroatoms. The monoisotopic (exact) mass is 660 g/mol. The van der Waals surface area contributed by atoms with E-state index in [0.717, 1.165) is 38.5 Å². The Hall–Kier alpha value is -1.61. The third-order valence-electron chi connectivity index (χ3n) is 12.5. The first-order valence-electron chi connectivity index (χ1n) is 17.2. The predicted molar refractivity (Wildman–Crippen MR) is 170 cm³/mol. The van der Waals surface area contributed by atoms with Crippen LogP contribution in [-0.2, 0) is 14.4 Å². The van der Waals surface area contributed by atoms with Crippen LogP contribution >= 0.6 is 15.9 Å². The van der Waals surface area contributed by atoms with Crippen molar-refractivity contribution in [2.24, 2.45) is 35.0 Å². The topological polar surface area (TPSA) is 102 Å². The van der Waals surface area contributed by atoms with Gasteiger partial charge in [0.25, 0.3) is 0 Å². The highest BCUT2D eigenvalue weighted by atomic mass is 79.9. The summed E-state index contributed by atoms with van der Waals surface area (Å²) in [6.07, 6.45) is 14.3. The number of aliphatic hydroxyl groups excluding tert-OH is 1. The van der Waals surface area contributed by atoms with E-state index in [0.29, 0.717) is 52.9 Å². The molecule has 0 spiro atoms. The van der Waals surface area contributed by atoms with Crippen LogP contribution in [-0.4, -0.2) is 81.8 Å². The third kappa shape index (κ3) is 6.28. The average Bonchev–Trinajstić information content (AvgIpc) is 3.60. The highest BCUT2D eigenvalue weighted by Crippen LogP contribution is 2.61. The van der Waals surface area contributed by atoms with Gasteiger partial charge < -0.3 is 25.5 Å². The van der Waals surface area contributed by atoms with Gasteiger partial charge in [0.05, 0.1) is 6.10 Å². The minimum absolute atomic E-state index is 0.00954. The van der Waals surface area contributed by atoms with Gasteiger partial charge in [-0.2, -0.15) is 0 Å². The number of fused-ring (bicyclic) bond motifs is 3. The smallest absolute Gasteiger partial charge is 0.245 e. The average molecular weight is 662 g/mol. The number of carbonyl (C=O) groups is 3. The van der Waals surface area contributed by atoms with Crippen molar-refractivity contribution in [3.8, 4) is 0 Å². The van der Waals surface area contributed by atoms with Gasteiger partial charge in [-0.3, -0.25) is 14.4 Å². The molecule has 43 heavy (non-hydrogen) atoms. The Morgan fingerprint density at radius 1 is 1.07 bits per heavy atom. The van der Waals surface area contributed by atoms with Crippen molar-refractivity contribution in [1.82, 2.24) is 20.4 Å². The van der Waals surface area contributed by atoms with Crippen LogP contribution in [0.2, 0.25) is 0 Å². The Morgan fingerprint density at radius 2 is 1.77 bits per heavy atom. The highest BCUT2D eigenvalue weighted by molar-refractivity contribution is 9.09. The summed E-state index contributed by atoms with van der Waals surface area (Å²) < 4.78 is 0. The first kappa shape index (κ1) is 31.4. The molecule has 8 nitrogen and oxygen atoms in total. The number of likely N-dealkylation sites (tertiary alicyclic amines) is 1. The Balaban J connectivity index is 1.16. The fourth-order valence-corrected chi connectivity index (χ4v) is 10.3. The van der Waals surface area contributed by atoms with Crippen LogP contribution in [0.5, 0.6) is 0 Å². The number of likely N-dealkylation sites (N-methyl/N-ethyl adjacent to an activating group) is 1. The largest absolute Gasteiger partial charge is 0.391 e. The predicted octanol–water partition coefficient (Wildman–Crippen LogP) is 4.35. The Bertz CT molecular complexity index is 1100. The molecule has 7 rings (SSSR count). The van der Waals surface area contributed by atoms with E-state index >= 15 is 0 Å². The highest BCUT2D eigenvalue weighted by Gasteiger charge is 2.55. The summed E-state index contributed by atoms with van der Waals surface area (Å²) in [6.45, 7) is 5.48. The molecule has 1 saturated heterocycles. The SMILES string of the molecule is CN(CC1CCCCC1Br)C(=O)C(CC1=CNC2CCCCC12)NC(=O)C1C[C@@H](O)CN1C(=O)C1CC2CC(C1)C2(C)C.